The van der Waals surface area contributed by atoms with Crippen LogP contribution in [0, 0.1) is 0 Å². The zero-order valence-electron chi connectivity index (χ0n) is 9.95. The standard InChI is InChI=1S/C10H13F3N2O2S/c1-3-17-8(16)4-7-5-18-9(14-7)15(2)6-10(11,12)13/h5H,3-4,6H2,1-2H3. The average molecular weight is 282 g/mol. The summed E-state index contributed by atoms with van der Waals surface area (Å²) in [5.41, 5.74) is 0.419. The lowest BCUT2D eigenvalue weighted by molar-refractivity contribution is -0.142. The molecule has 0 unspecified atom stereocenters. The van der Waals surface area contributed by atoms with Gasteiger partial charge in [-0.2, -0.15) is 13.2 Å². The molecule has 0 aliphatic rings. The Labute approximate surface area is 106 Å². The first kappa shape index (κ1) is 14.7. The first-order valence-corrected chi connectivity index (χ1v) is 6.07. The molecule has 0 aromatic carbocycles. The maximum atomic E-state index is 12.2. The predicted molar refractivity (Wildman–Crippen MR) is 61.8 cm³/mol. The Kier molecular flexibility index (Phi) is 4.94. The SMILES string of the molecule is CCOC(=O)Cc1csc(N(C)CC(F)(F)F)n1. The van der Waals surface area contributed by atoms with Crippen LogP contribution < -0.4 is 4.90 Å². The lowest BCUT2D eigenvalue weighted by Crippen LogP contribution is -2.30. The van der Waals surface area contributed by atoms with Crippen LogP contribution in [0.15, 0.2) is 5.38 Å². The highest BCUT2D eigenvalue weighted by molar-refractivity contribution is 7.13. The van der Waals surface area contributed by atoms with Gasteiger partial charge in [0.25, 0.3) is 0 Å². The molecule has 1 heterocycles. The number of rotatable bonds is 5. The fraction of sp³-hybridized carbons (Fsp3) is 0.600. The van der Waals surface area contributed by atoms with E-state index in [0.717, 1.165) is 16.2 Å². The van der Waals surface area contributed by atoms with Gasteiger partial charge in [0.05, 0.1) is 18.7 Å². The second kappa shape index (κ2) is 6.03. The van der Waals surface area contributed by atoms with Crippen molar-refractivity contribution in [3.8, 4) is 0 Å². The first-order valence-electron chi connectivity index (χ1n) is 5.19. The number of thiazole rings is 1. The van der Waals surface area contributed by atoms with Crippen LogP contribution in [-0.4, -0.2) is 37.3 Å². The largest absolute Gasteiger partial charge is 0.466 e. The Balaban J connectivity index is 2.60. The van der Waals surface area contributed by atoms with Crippen molar-refractivity contribution in [3.05, 3.63) is 11.1 Å². The zero-order valence-corrected chi connectivity index (χ0v) is 10.8. The topological polar surface area (TPSA) is 42.4 Å². The summed E-state index contributed by atoms with van der Waals surface area (Å²) in [5.74, 6) is -0.437. The maximum absolute atomic E-state index is 12.2. The van der Waals surface area contributed by atoms with Gasteiger partial charge in [0.2, 0.25) is 0 Å². The Bertz CT molecular complexity index is 406. The maximum Gasteiger partial charge on any atom is 0.405 e. The van der Waals surface area contributed by atoms with Gasteiger partial charge in [-0.05, 0) is 6.92 Å². The molecule has 1 rings (SSSR count). The Morgan fingerprint density at radius 2 is 2.22 bits per heavy atom. The molecule has 0 bridgehead atoms. The minimum absolute atomic E-state index is 0.0236. The van der Waals surface area contributed by atoms with Crippen molar-refractivity contribution >= 4 is 22.4 Å². The van der Waals surface area contributed by atoms with E-state index >= 15 is 0 Å². The highest BCUT2D eigenvalue weighted by Crippen LogP contribution is 2.24. The van der Waals surface area contributed by atoms with Gasteiger partial charge in [0, 0.05) is 12.4 Å². The molecule has 0 N–H and O–H groups in total. The van der Waals surface area contributed by atoms with Gasteiger partial charge in [-0.1, -0.05) is 0 Å². The van der Waals surface area contributed by atoms with E-state index in [1.165, 1.54) is 7.05 Å². The molecule has 8 heteroatoms. The van der Waals surface area contributed by atoms with Crippen molar-refractivity contribution in [2.45, 2.75) is 19.5 Å². The molecule has 0 aliphatic carbocycles. The lowest BCUT2D eigenvalue weighted by atomic mass is 10.3. The van der Waals surface area contributed by atoms with Gasteiger partial charge < -0.3 is 9.64 Å². The van der Waals surface area contributed by atoms with Crippen LogP contribution in [0.2, 0.25) is 0 Å². The van der Waals surface area contributed by atoms with E-state index in [9.17, 15) is 18.0 Å². The summed E-state index contributed by atoms with van der Waals surface area (Å²) >= 11 is 1.07. The summed E-state index contributed by atoms with van der Waals surface area (Å²) in [7, 11) is 1.31. The minimum atomic E-state index is -4.28. The molecule has 0 saturated carbocycles. The highest BCUT2D eigenvalue weighted by atomic mass is 32.1. The normalized spacial score (nSPS) is 11.4. The fourth-order valence-electron chi connectivity index (χ4n) is 1.25. The zero-order chi connectivity index (χ0) is 13.8. The summed E-state index contributed by atoms with van der Waals surface area (Å²) in [6.07, 6.45) is -4.30. The van der Waals surface area contributed by atoms with Crippen LogP contribution in [0.4, 0.5) is 18.3 Å². The number of anilines is 1. The smallest absolute Gasteiger partial charge is 0.405 e. The molecule has 0 atom stereocenters. The highest BCUT2D eigenvalue weighted by Gasteiger charge is 2.30. The van der Waals surface area contributed by atoms with Gasteiger partial charge in [0.15, 0.2) is 5.13 Å². The van der Waals surface area contributed by atoms with E-state index in [-0.39, 0.29) is 18.2 Å². The number of carbonyl (C=O) groups is 1. The van der Waals surface area contributed by atoms with Crippen LogP contribution in [0.1, 0.15) is 12.6 Å². The van der Waals surface area contributed by atoms with Crippen molar-refractivity contribution in [1.29, 1.82) is 0 Å². The number of aromatic nitrogens is 1. The summed E-state index contributed by atoms with van der Waals surface area (Å²) in [6, 6.07) is 0. The van der Waals surface area contributed by atoms with Crippen LogP contribution >= 0.6 is 11.3 Å². The molecule has 0 saturated heterocycles. The third-order valence-electron chi connectivity index (χ3n) is 1.91. The molecular formula is C10H13F3N2O2S. The summed E-state index contributed by atoms with van der Waals surface area (Å²) in [4.78, 5) is 16.1. The number of hydrogen-bond donors (Lipinski definition) is 0. The fourth-order valence-corrected chi connectivity index (χ4v) is 2.04. The van der Waals surface area contributed by atoms with Crippen LogP contribution in [0.3, 0.4) is 0 Å². The number of ether oxygens (including phenoxy) is 1. The van der Waals surface area contributed by atoms with Crippen molar-refractivity contribution < 1.29 is 22.7 Å². The minimum Gasteiger partial charge on any atom is -0.466 e. The monoisotopic (exact) mass is 282 g/mol. The molecule has 1 aromatic rings. The number of esters is 1. The van der Waals surface area contributed by atoms with Crippen molar-refractivity contribution in [2.24, 2.45) is 0 Å². The van der Waals surface area contributed by atoms with Crippen LogP contribution in [0.25, 0.3) is 0 Å². The second-order valence-corrected chi connectivity index (χ2v) is 4.41. The van der Waals surface area contributed by atoms with Gasteiger partial charge in [-0.15, -0.1) is 11.3 Å². The number of hydrogen-bond acceptors (Lipinski definition) is 5. The van der Waals surface area contributed by atoms with Crippen LogP contribution in [-0.2, 0) is 16.0 Å². The molecule has 1 aromatic heterocycles. The third-order valence-corrected chi connectivity index (χ3v) is 2.92. The molecule has 0 spiro atoms. The van der Waals surface area contributed by atoms with E-state index < -0.39 is 18.7 Å². The number of alkyl halides is 3. The van der Waals surface area contributed by atoms with Crippen molar-refractivity contribution in [2.75, 3.05) is 25.1 Å². The van der Waals surface area contributed by atoms with Gasteiger partial charge >= 0.3 is 12.1 Å². The number of nitrogens with zero attached hydrogens (tertiary/aromatic N) is 2. The Hall–Kier alpha value is -1.31. The molecule has 102 valence electrons. The summed E-state index contributed by atoms with van der Waals surface area (Å²) < 4.78 is 41.2. The molecular weight excluding hydrogens is 269 g/mol. The number of carbonyl (C=O) groups excluding carboxylic acids is 1. The van der Waals surface area contributed by atoms with E-state index in [0.29, 0.717) is 5.69 Å². The summed E-state index contributed by atoms with van der Waals surface area (Å²) in [5, 5.41) is 1.78. The predicted octanol–water partition coefficient (Wildman–Crippen LogP) is 2.25. The molecule has 4 nitrogen and oxygen atoms in total. The van der Waals surface area contributed by atoms with E-state index in [1.54, 1.807) is 12.3 Å². The van der Waals surface area contributed by atoms with Crippen molar-refractivity contribution in [3.63, 3.8) is 0 Å². The van der Waals surface area contributed by atoms with Crippen molar-refractivity contribution in [1.82, 2.24) is 4.98 Å². The molecule has 0 fully saturated rings. The summed E-state index contributed by atoms with van der Waals surface area (Å²) in [6.45, 7) is 0.880. The quantitative estimate of drug-likeness (QED) is 0.777. The van der Waals surface area contributed by atoms with Crippen LogP contribution in [0.5, 0.6) is 0 Å². The second-order valence-electron chi connectivity index (χ2n) is 3.57. The molecule has 18 heavy (non-hydrogen) atoms. The lowest BCUT2D eigenvalue weighted by Gasteiger charge is -2.17. The average Bonchev–Trinajstić information content (AvgIpc) is 2.63. The Morgan fingerprint density at radius 1 is 1.56 bits per heavy atom. The Morgan fingerprint density at radius 3 is 2.78 bits per heavy atom. The van der Waals surface area contributed by atoms with Gasteiger partial charge in [-0.3, -0.25) is 4.79 Å². The molecule has 0 radical (unpaired) electrons. The van der Waals surface area contributed by atoms with Gasteiger partial charge in [-0.25, -0.2) is 4.98 Å². The molecule has 0 amide bonds. The first-order chi connectivity index (χ1) is 8.31. The molecule has 0 aliphatic heterocycles. The van der Waals surface area contributed by atoms with E-state index in [2.05, 4.69) is 4.98 Å². The number of halogens is 3. The van der Waals surface area contributed by atoms with E-state index in [1.807, 2.05) is 0 Å². The third kappa shape index (κ3) is 4.91. The van der Waals surface area contributed by atoms with Gasteiger partial charge in [0.1, 0.15) is 6.54 Å². The van der Waals surface area contributed by atoms with E-state index in [4.69, 9.17) is 4.74 Å².